The molecule has 0 atom stereocenters. The van der Waals surface area contributed by atoms with E-state index in [9.17, 15) is 0 Å². The van der Waals surface area contributed by atoms with Gasteiger partial charge in [-0.05, 0) is 62.7 Å². The molecule has 5 heterocycles. The van der Waals surface area contributed by atoms with Crippen molar-refractivity contribution in [1.82, 2.24) is 25.2 Å². The van der Waals surface area contributed by atoms with Gasteiger partial charge in [-0.15, -0.1) is 0 Å². The van der Waals surface area contributed by atoms with Crippen LogP contribution in [0, 0.1) is 17.0 Å². The Hall–Kier alpha value is -4.18. The predicted octanol–water partition coefficient (Wildman–Crippen LogP) is 5.46. The summed E-state index contributed by atoms with van der Waals surface area (Å²) in [6, 6.07) is 10.2. The lowest BCUT2D eigenvalue weighted by atomic mass is 9.95. The Morgan fingerprint density at radius 3 is 2.64 bits per heavy atom. The van der Waals surface area contributed by atoms with Crippen LogP contribution < -0.4 is 15.0 Å². The molecular formula is C32H33F2N7O. The van der Waals surface area contributed by atoms with E-state index in [-0.39, 0.29) is 22.8 Å². The molecule has 3 fully saturated rings. The number of anilines is 1. The van der Waals surface area contributed by atoms with Crippen LogP contribution in [0.5, 0.6) is 6.01 Å². The van der Waals surface area contributed by atoms with Crippen molar-refractivity contribution in [3.05, 3.63) is 66.0 Å². The van der Waals surface area contributed by atoms with Gasteiger partial charge in [-0.3, -0.25) is 9.88 Å². The van der Waals surface area contributed by atoms with Gasteiger partial charge in [0.2, 0.25) is 0 Å². The van der Waals surface area contributed by atoms with Gasteiger partial charge >= 0.3 is 6.01 Å². The number of hydrogen-bond acceptors (Lipinski definition) is 8. The lowest BCUT2D eigenvalue weighted by Gasteiger charge is -2.31. The van der Waals surface area contributed by atoms with E-state index in [4.69, 9.17) is 15.1 Å². The minimum absolute atomic E-state index is 0.0205. The average molecular weight is 570 g/mol. The quantitative estimate of drug-likeness (QED) is 0.298. The molecule has 3 saturated heterocycles. The van der Waals surface area contributed by atoms with Crippen molar-refractivity contribution in [2.75, 3.05) is 44.2 Å². The fourth-order valence-electron chi connectivity index (χ4n) is 6.92. The fourth-order valence-corrected chi connectivity index (χ4v) is 6.92. The summed E-state index contributed by atoms with van der Waals surface area (Å²) in [7, 11) is 0. The third-order valence-corrected chi connectivity index (χ3v) is 8.94. The summed E-state index contributed by atoms with van der Waals surface area (Å²) in [4.78, 5) is 18.5. The van der Waals surface area contributed by atoms with E-state index in [1.807, 2.05) is 0 Å². The summed E-state index contributed by atoms with van der Waals surface area (Å²) >= 11 is 0. The molecular weight excluding hydrogens is 536 g/mol. The molecule has 10 heteroatoms. The second-order valence-electron chi connectivity index (χ2n) is 11.4. The monoisotopic (exact) mass is 569 g/mol. The molecule has 3 aliphatic rings. The number of allylic oxidation sites excluding steroid dienone is 1. The van der Waals surface area contributed by atoms with Crippen molar-refractivity contribution in [3.8, 4) is 17.3 Å². The highest BCUT2D eigenvalue weighted by molar-refractivity contribution is 5.99. The molecule has 4 aromatic rings. The van der Waals surface area contributed by atoms with Gasteiger partial charge in [0.1, 0.15) is 29.5 Å². The van der Waals surface area contributed by atoms with Crippen LogP contribution in [-0.2, 0) is 0 Å². The van der Waals surface area contributed by atoms with Crippen molar-refractivity contribution in [2.45, 2.75) is 37.6 Å². The first-order valence-corrected chi connectivity index (χ1v) is 14.7. The highest BCUT2D eigenvalue weighted by atomic mass is 19.1. The Morgan fingerprint density at radius 1 is 1.02 bits per heavy atom. The van der Waals surface area contributed by atoms with Gasteiger partial charge < -0.3 is 20.4 Å². The molecule has 2 aromatic carbocycles. The van der Waals surface area contributed by atoms with Crippen LogP contribution in [0.4, 0.5) is 14.6 Å². The van der Waals surface area contributed by atoms with E-state index in [1.165, 1.54) is 12.3 Å². The van der Waals surface area contributed by atoms with Crippen LogP contribution in [0.2, 0.25) is 0 Å². The number of nitrogens with zero attached hydrogens (tertiary/aromatic N) is 5. The van der Waals surface area contributed by atoms with Crippen LogP contribution in [0.15, 0.2) is 54.4 Å². The maximum atomic E-state index is 16.6. The first-order valence-electron chi connectivity index (χ1n) is 14.7. The first-order chi connectivity index (χ1) is 20.6. The number of fused-ring (bicyclic) bond motifs is 3. The van der Waals surface area contributed by atoms with Crippen LogP contribution in [0.25, 0.3) is 32.9 Å². The topological polar surface area (TPSA) is 90.3 Å². The van der Waals surface area contributed by atoms with Gasteiger partial charge in [0.15, 0.2) is 5.82 Å². The zero-order valence-electron chi connectivity index (χ0n) is 23.4. The predicted molar refractivity (Wildman–Crippen MR) is 160 cm³/mol. The minimum Gasteiger partial charge on any atom is -0.461 e. The van der Waals surface area contributed by atoms with Crippen LogP contribution in [-0.4, -0.2) is 70.9 Å². The van der Waals surface area contributed by atoms with Gasteiger partial charge in [0.05, 0.1) is 17.5 Å². The largest absolute Gasteiger partial charge is 0.461 e. The SMILES string of the molecule is N=C/C=C1/CN(c2nc(OCC34CCCN3CCC4)nc3c(F)c(-c4cccc5cccc(F)c45)ncc23)CCCN1. The van der Waals surface area contributed by atoms with E-state index < -0.39 is 11.6 Å². The van der Waals surface area contributed by atoms with Gasteiger partial charge in [0, 0.05) is 42.1 Å². The number of nitrogens with one attached hydrogen (secondary N) is 2. The Kier molecular flexibility index (Phi) is 6.93. The van der Waals surface area contributed by atoms with Crippen LogP contribution >= 0.6 is 0 Å². The van der Waals surface area contributed by atoms with E-state index in [0.717, 1.165) is 57.4 Å². The number of pyridine rings is 1. The summed E-state index contributed by atoms with van der Waals surface area (Å²) < 4.78 is 37.9. The molecule has 8 nitrogen and oxygen atoms in total. The highest BCUT2D eigenvalue weighted by Crippen LogP contribution is 2.40. The molecule has 0 amide bonds. The normalized spacial score (nSPS) is 19.7. The molecule has 0 spiro atoms. The van der Waals surface area contributed by atoms with Crippen LogP contribution in [0.1, 0.15) is 32.1 Å². The number of hydrogen-bond donors (Lipinski definition) is 2. The standard InChI is InChI=1S/C32H33F2N7O/c33-25-9-2-7-21-6-1-8-23(26(21)25)28-27(34)29-24(18-37-28)30(40-15-5-14-36-22(19-40)10-13-35)39-31(38-29)42-20-32-11-3-16-41(32)17-4-12-32/h1-2,6-10,13,18,35-36H,3-5,11-12,14-17,19-20H2/b22-10-,35-13?. The molecule has 0 aliphatic carbocycles. The summed E-state index contributed by atoms with van der Waals surface area (Å²) in [5, 5.41) is 12.4. The molecule has 2 N–H and O–H groups in total. The van der Waals surface area contributed by atoms with Crippen molar-refractivity contribution in [2.24, 2.45) is 0 Å². The van der Waals surface area contributed by atoms with Crippen molar-refractivity contribution >= 4 is 33.7 Å². The van der Waals surface area contributed by atoms with Crippen molar-refractivity contribution in [1.29, 1.82) is 5.41 Å². The number of halogens is 2. The first kappa shape index (κ1) is 26.7. The highest BCUT2D eigenvalue weighted by Gasteiger charge is 2.45. The lowest BCUT2D eigenvalue weighted by molar-refractivity contribution is 0.108. The van der Waals surface area contributed by atoms with Gasteiger partial charge in [-0.25, -0.2) is 8.78 Å². The minimum atomic E-state index is -0.638. The molecule has 0 radical (unpaired) electrons. The Morgan fingerprint density at radius 2 is 1.83 bits per heavy atom. The zero-order valence-corrected chi connectivity index (χ0v) is 23.4. The Bertz CT molecular complexity index is 1690. The van der Waals surface area contributed by atoms with Gasteiger partial charge in [-0.1, -0.05) is 30.3 Å². The smallest absolute Gasteiger partial charge is 0.319 e. The zero-order chi connectivity index (χ0) is 28.7. The molecule has 7 rings (SSSR count). The molecule has 3 aliphatic heterocycles. The molecule has 0 unspecified atom stereocenters. The van der Waals surface area contributed by atoms with E-state index >= 15 is 8.78 Å². The van der Waals surface area contributed by atoms with E-state index in [0.29, 0.717) is 47.2 Å². The third-order valence-electron chi connectivity index (χ3n) is 8.94. The Balaban J connectivity index is 1.36. The van der Waals surface area contributed by atoms with Gasteiger partial charge in [0.25, 0.3) is 0 Å². The molecule has 216 valence electrons. The summed E-state index contributed by atoms with van der Waals surface area (Å²) in [6.45, 7) is 4.49. The second kappa shape index (κ2) is 10.9. The average Bonchev–Trinajstić information content (AvgIpc) is 3.50. The Labute approximate surface area is 242 Å². The molecule has 0 bridgehead atoms. The van der Waals surface area contributed by atoms with Crippen molar-refractivity contribution < 1.29 is 13.5 Å². The molecule has 0 saturated carbocycles. The molecule has 2 aromatic heterocycles. The number of benzene rings is 2. The second-order valence-corrected chi connectivity index (χ2v) is 11.4. The fraction of sp³-hybridized carbons (Fsp3) is 0.375. The number of ether oxygens (including phenoxy) is 1. The summed E-state index contributed by atoms with van der Waals surface area (Å²) in [6.07, 6.45) is 9.80. The van der Waals surface area contributed by atoms with E-state index in [2.05, 4.69) is 25.1 Å². The van der Waals surface area contributed by atoms with Gasteiger partial charge in [-0.2, -0.15) is 9.97 Å². The van der Waals surface area contributed by atoms with Crippen LogP contribution in [0.3, 0.4) is 0 Å². The van der Waals surface area contributed by atoms with E-state index in [1.54, 1.807) is 42.6 Å². The lowest BCUT2D eigenvalue weighted by Crippen LogP contribution is -2.43. The third kappa shape index (κ3) is 4.63. The number of rotatable bonds is 6. The molecule has 42 heavy (non-hydrogen) atoms. The maximum absolute atomic E-state index is 16.6. The summed E-state index contributed by atoms with van der Waals surface area (Å²) in [5.41, 5.74) is 1.35. The van der Waals surface area contributed by atoms with Crippen molar-refractivity contribution in [3.63, 3.8) is 0 Å². The summed E-state index contributed by atoms with van der Waals surface area (Å²) in [5.74, 6) is -0.540. The maximum Gasteiger partial charge on any atom is 0.319 e. The number of aromatic nitrogens is 3.